The molecule has 0 N–H and O–H groups in total. The number of hydrogen-bond acceptors (Lipinski definition) is 4. The molecular weight excluding hydrogens is 565 g/mol. The predicted molar refractivity (Wildman–Crippen MR) is 131 cm³/mol. The Labute approximate surface area is 204 Å². The van der Waals surface area contributed by atoms with Gasteiger partial charge in [0.2, 0.25) is 0 Å². The van der Waals surface area contributed by atoms with E-state index in [0.29, 0.717) is 37.5 Å². The van der Waals surface area contributed by atoms with Crippen LogP contribution in [0, 0.1) is 12.7 Å². The topological polar surface area (TPSA) is 56.5 Å². The van der Waals surface area contributed by atoms with Crippen LogP contribution in [0.25, 0.3) is 10.9 Å². The van der Waals surface area contributed by atoms with Crippen molar-refractivity contribution in [3.8, 4) is 5.75 Å². The first kappa shape index (κ1) is 22.6. The Kier molecular flexibility index (Phi) is 6.74. The molecule has 0 saturated carbocycles. The number of aryl methyl sites for hydroxylation is 1. The molecule has 9 heteroatoms. The van der Waals surface area contributed by atoms with Crippen LogP contribution in [0.3, 0.4) is 0 Å². The predicted octanol–water partition coefficient (Wildman–Crippen LogP) is 6.48. The molecule has 5 nitrogen and oxygen atoms in total. The first-order valence-electron chi connectivity index (χ1n) is 9.41. The Balaban J connectivity index is 1.71. The summed E-state index contributed by atoms with van der Waals surface area (Å²) < 4.78 is 21.7. The number of rotatable bonds is 5. The summed E-state index contributed by atoms with van der Waals surface area (Å²) >= 11 is 13.1. The summed E-state index contributed by atoms with van der Waals surface area (Å²) in [4.78, 5) is 17.4. The third kappa shape index (κ3) is 4.92. The van der Waals surface area contributed by atoms with Gasteiger partial charge in [-0.05, 0) is 70.9 Å². The Morgan fingerprint density at radius 2 is 1.91 bits per heavy atom. The second kappa shape index (κ2) is 9.52. The lowest BCUT2D eigenvalue weighted by molar-refractivity contribution is 0.303. The summed E-state index contributed by atoms with van der Waals surface area (Å²) in [6, 6.07) is 14.7. The molecule has 0 atom stereocenters. The van der Waals surface area contributed by atoms with Gasteiger partial charge in [-0.2, -0.15) is 9.78 Å². The van der Waals surface area contributed by atoms with Crippen molar-refractivity contribution in [1.82, 2.24) is 9.66 Å². The van der Waals surface area contributed by atoms with Crippen LogP contribution in [0.15, 0.2) is 73.4 Å². The van der Waals surface area contributed by atoms with Crippen molar-refractivity contribution in [3.05, 3.63) is 102 Å². The smallest absolute Gasteiger partial charge is 0.282 e. The second-order valence-corrected chi connectivity index (χ2v) is 9.11. The minimum Gasteiger partial charge on any atom is -0.487 e. The van der Waals surface area contributed by atoms with Crippen molar-refractivity contribution in [1.29, 1.82) is 0 Å². The summed E-state index contributed by atoms with van der Waals surface area (Å²) in [5.41, 5.74) is 1.66. The number of halogens is 4. The van der Waals surface area contributed by atoms with Crippen LogP contribution >= 0.6 is 43.5 Å². The SMILES string of the molecule is Cc1nc2ccc(Br)cc2c(=O)n1N=Cc1cc(Cl)cc(Br)c1OCc1ccc(F)cc1. The number of benzene rings is 3. The molecule has 162 valence electrons. The number of fused-ring (bicyclic) bond motifs is 1. The van der Waals surface area contributed by atoms with Crippen LogP contribution in [0.1, 0.15) is 17.0 Å². The average molecular weight is 580 g/mol. The van der Waals surface area contributed by atoms with Crippen LogP contribution in [0.4, 0.5) is 4.39 Å². The Morgan fingerprint density at radius 3 is 2.66 bits per heavy atom. The van der Waals surface area contributed by atoms with Gasteiger partial charge in [-0.15, -0.1) is 0 Å². The lowest BCUT2D eigenvalue weighted by Crippen LogP contribution is -2.20. The lowest BCUT2D eigenvalue weighted by atomic mass is 10.2. The van der Waals surface area contributed by atoms with Gasteiger partial charge >= 0.3 is 0 Å². The van der Waals surface area contributed by atoms with E-state index >= 15 is 0 Å². The highest BCUT2D eigenvalue weighted by Gasteiger charge is 2.12. The van der Waals surface area contributed by atoms with E-state index in [-0.39, 0.29) is 18.0 Å². The molecule has 32 heavy (non-hydrogen) atoms. The van der Waals surface area contributed by atoms with E-state index in [4.69, 9.17) is 16.3 Å². The number of aromatic nitrogens is 2. The maximum absolute atomic E-state index is 13.2. The van der Waals surface area contributed by atoms with Crippen molar-refractivity contribution in [2.24, 2.45) is 5.10 Å². The molecule has 0 amide bonds. The van der Waals surface area contributed by atoms with E-state index in [0.717, 1.165) is 10.0 Å². The van der Waals surface area contributed by atoms with Gasteiger partial charge in [0.15, 0.2) is 0 Å². The van der Waals surface area contributed by atoms with E-state index in [1.807, 2.05) is 6.07 Å². The van der Waals surface area contributed by atoms with Gasteiger partial charge in [0.1, 0.15) is 24.0 Å². The molecule has 0 unspecified atom stereocenters. The van der Waals surface area contributed by atoms with Gasteiger partial charge in [-0.3, -0.25) is 4.79 Å². The Morgan fingerprint density at radius 1 is 1.16 bits per heavy atom. The van der Waals surface area contributed by atoms with Crippen LogP contribution in [0.2, 0.25) is 5.02 Å². The molecule has 4 aromatic rings. The molecule has 3 aromatic carbocycles. The zero-order chi connectivity index (χ0) is 22.8. The fourth-order valence-electron chi connectivity index (χ4n) is 3.08. The van der Waals surface area contributed by atoms with E-state index in [1.165, 1.54) is 23.0 Å². The Hall–Kier alpha value is -2.55. The molecule has 0 bridgehead atoms. The maximum atomic E-state index is 13.2. The van der Waals surface area contributed by atoms with Crippen molar-refractivity contribution in [2.75, 3.05) is 0 Å². The zero-order valence-corrected chi connectivity index (χ0v) is 20.6. The monoisotopic (exact) mass is 577 g/mol. The molecule has 1 heterocycles. The van der Waals surface area contributed by atoms with Crippen molar-refractivity contribution in [2.45, 2.75) is 13.5 Å². The van der Waals surface area contributed by atoms with Gasteiger partial charge in [0.25, 0.3) is 5.56 Å². The van der Waals surface area contributed by atoms with Crippen molar-refractivity contribution >= 4 is 60.6 Å². The molecule has 1 aromatic heterocycles. The van der Waals surface area contributed by atoms with Gasteiger partial charge in [-0.1, -0.05) is 39.7 Å². The first-order valence-corrected chi connectivity index (χ1v) is 11.4. The zero-order valence-electron chi connectivity index (χ0n) is 16.7. The highest BCUT2D eigenvalue weighted by atomic mass is 79.9. The molecule has 0 radical (unpaired) electrons. The largest absolute Gasteiger partial charge is 0.487 e. The standard InChI is InChI=1S/C23H15Br2ClFN3O2/c1-13-29-21-7-4-16(24)9-19(21)23(31)30(13)28-11-15-8-17(26)10-20(25)22(15)32-12-14-2-5-18(27)6-3-14/h2-11H,12H2,1H3. The summed E-state index contributed by atoms with van der Waals surface area (Å²) in [6.07, 6.45) is 1.50. The number of hydrogen-bond donors (Lipinski definition) is 0. The van der Waals surface area contributed by atoms with Crippen molar-refractivity contribution < 1.29 is 9.13 Å². The first-order chi connectivity index (χ1) is 15.3. The quantitative estimate of drug-likeness (QED) is 0.254. The molecule has 0 fully saturated rings. The Bertz CT molecular complexity index is 1410. The molecule has 0 saturated heterocycles. The molecule has 0 spiro atoms. The molecule has 0 aliphatic carbocycles. The van der Waals surface area contributed by atoms with Crippen molar-refractivity contribution in [3.63, 3.8) is 0 Å². The summed E-state index contributed by atoms with van der Waals surface area (Å²) in [7, 11) is 0. The lowest BCUT2D eigenvalue weighted by Gasteiger charge is -2.12. The van der Waals surface area contributed by atoms with Crippen LogP contribution in [-0.2, 0) is 6.61 Å². The molecule has 4 rings (SSSR count). The van der Waals surface area contributed by atoms with E-state index < -0.39 is 0 Å². The summed E-state index contributed by atoms with van der Waals surface area (Å²) in [5, 5.41) is 5.27. The number of ether oxygens (including phenoxy) is 1. The fourth-order valence-corrected chi connectivity index (χ4v) is 4.39. The third-order valence-electron chi connectivity index (χ3n) is 4.62. The summed E-state index contributed by atoms with van der Waals surface area (Å²) in [6.45, 7) is 1.92. The van der Waals surface area contributed by atoms with E-state index in [1.54, 1.807) is 43.3 Å². The maximum Gasteiger partial charge on any atom is 0.282 e. The van der Waals surface area contributed by atoms with Gasteiger partial charge in [0, 0.05) is 15.1 Å². The minimum absolute atomic E-state index is 0.214. The van der Waals surface area contributed by atoms with Gasteiger partial charge in [-0.25, -0.2) is 9.37 Å². The fraction of sp³-hybridized carbons (Fsp3) is 0.0870. The van der Waals surface area contributed by atoms with Crippen LogP contribution in [-0.4, -0.2) is 15.9 Å². The average Bonchev–Trinajstić information content (AvgIpc) is 2.74. The van der Waals surface area contributed by atoms with Crippen LogP contribution < -0.4 is 10.3 Å². The van der Waals surface area contributed by atoms with Gasteiger partial charge in [0.05, 0.1) is 21.6 Å². The van der Waals surface area contributed by atoms with E-state index in [2.05, 4.69) is 41.9 Å². The van der Waals surface area contributed by atoms with E-state index in [9.17, 15) is 9.18 Å². The minimum atomic E-state index is -0.314. The summed E-state index contributed by atoms with van der Waals surface area (Å²) in [5.74, 6) is 0.617. The highest BCUT2D eigenvalue weighted by Crippen LogP contribution is 2.32. The third-order valence-corrected chi connectivity index (χ3v) is 5.92. The number of nitrogens with zero attached hydrogens (tertiary/aromatic N) is 3. The highest BCUT2D eigenvalue weighted by molar-refractivity contribution is 9.10. The van der Waals surface area contributed by atoms with Crippen LogP contribution in [0.5, 0.6) is 5.75 Å². The second-order valence-electron chi connectivity index (χ2n) is 6.90. The normalized spacial score (nSPS) is 11.4. The van der Waals surface area contributed by atoms with Gasteiger partial charge < -0.3 is 4.74 Å². The molecule has 0 aliphatic rings. The molecular formula is C23H15Br2ClFN3O2. The molecule has 0 aliphatic heterocycles.